The highest BCUT2D eigenvalue weighted by Crippen LogP contribution is 2.45. The quantitative estimate of drug-likeness (QED) is 0.628. The van der Waals surface area contributed by atoms with Crippen LogP contribution in [0.1, 0.15) is 16.5 Å². The molecule has 2 aromatic rings. The van der Waals surface area contributed by atoms with E-state index >= 15 is 0 Å². The third-order valence-corrected chi connectivity index (χ3v) is 5.30. The van der Waals surface area contributed by atoms with Gasteiger partial charge in [0.1, 0.15) is 11.7 Å². The molecule has 12 heteroatoms. The fourth-order valence-electron chi connectivity index (χ4n) is 3.18. The van der Waals surface area contributed by atoms with E-state index in [0.717, 1.165) is 23.5 Å². The van der Waals surface area contributed by atoms with Gasteiger partial charge >= 0.3 is 18.8 Å². The molecule has 29 heavy (non-hydrogen) atoms. The molecule has 1 aliphatic heterocycles. The molecule has 1 aliphatic rings. The highest BCUT2D eigenvalue weighted by Gasteiger charge is 2.60. The molecule has 2 heterocycles. The molecule has 1 saturated heterocycles. The van der Waals surface area contributed by atoms with Gasteiger partial charge in [-0.3, -0.25) is 4.79 Å². The van der Waals surface area contributed by atoms with E-state index in [9.17, 15) is 36.6 Å². The number of para-hydroxylation sites is 1. The van der Waals surface area contributed by atoms with Gasteiger partial charge < -0.3 is 20.5 Å². The number of Topliss-reactive ketones (excluding diaryl/α,β-unsaturated/α-hetero) is 1. The number of benzene rings is 1. The number of hydrogen-bond acceptors (Lipinski definition) is 5. The smallest absolute Gasteiger partial charge is 0.434 e. The molecule has 1 fully saturated rings. The zero-order valence-corrected chi connectivity index (χ0v) is 15.1. The van der Waals surface area contributed by atoms with Gasteiger partial charge in [0.05, 0.1) is 10.9 Å². The van der Waals surface area contributed by atoms with Gasteiger partial charge in [-0.05, 0) is 17.5 Å². The number of halogens is 5. The number of nitrogens with one attached hydrogen (secondary N) is 2. The first-order valence-corrected chi connectivity index (χ1v) is 8.92. The molecule has 0 aliphatic carbocycles. The summed E-state index contributed by atoms with van der Waals surface area (Å²) in [6, 6.07) is 4.52. The number of carbonyl (C=O) groups is 2. The third-order valence-electron chi connectivity index (χ3n) is 4.30. The van der Waals surface area contributed by atoms with Crippen LogP contribution in [0.2, 0.25) is 0 Å². The molecule has 1 aromatic heterocycles. The van der Waals surface area contributed by atoms with Crippen LogP contribution < -0.4 is 15.4 Å². The summed E-state index contributed by atoms with van der Waals surface area (Å²) in [5, 5.41) is 16.5. The molecule has 2 amide bonds. The van der Waals surface area contributed by atoms with E-state index in [2.05, 4.69) is 10.1 Å². The Hall–Kier alpha value is -2.73. The monoisotopic (exact) mass is 436 g/mol. The first-order chi connectivity index (χ1) is 13.5. The summed E-state index contributed by atoms with van der Waals surface area (Å²) in [5.41, 5.74) is -3.05. The zero-order valence-electron chi connectivity index (χ0n) is 14.2. The van der Waals surface area contributed by atoms with Crippen LogP contribution >= 0.6 is 11.3 Å². The largest absolute Gasteiger partial charge is 0.450 e. The number of ketones is 1. The van der Waals surface area contributed by atoms with Crippen molar-refractivity contribution in [2.75, 3.05) is 0 Å². The topological polar surface area (TPSA) is 87.7 Å². The van der Waals surface area contributed by atoms with Gasteiger partial charge in [-0.2, -0.15) is 22.0 Å². The molecule has 0 bridgehead atoms. The minimum absolute atomic E-state index is 0.132. The maximum Gasteiger partial charge on any atom is 0.450 e. The van der Waals surface area contributed by atoms with Crippen LogP contribution in [-0.2, 0) is 10.5 Å². The minimum atomic E-state index is -5.38. The molecule has 1 aromatic carbocycles. The number of thiophene rings is 1. The number of amides is 2. The lowest BCUT2D eigenvalue weighted by Gasteiger charge is -2.44. The van der Waals surface area contributed by atoms with E-state index in [1.165, 1.54) is 29.6 Å². The van der Waals surface area contributed by atoms with Crippen molar-refractivity contribution in [3.8, 4) is 5.75 Å². The van der Waals surface area contributed by atoms with E-state index < -0.39 is 48.0 Å². The van der Waals surface area contributed by atoms with Crippen LogP contribution in [0.4, 0.5) is 26.7 Å². The van der Waals surface area contributed by atoms with Gasteiger partial charge in [-0.25, -0.2) is 4.79 Å². The first-order valence-electron chi connectivity index (χ1n) is 8.04. The lowest BCUT2D eigenvalue weighted by Crippen LogP contribution is -2.66. The SMILES string of the molecule is O=C1NC(c2ccccc2OC(F)F)C(C(=O)C(F)(F)F)C(O)(c2cccs2)N1. The summed E-state index contributed by atoms with van der Waals surface area (Å²) < 4.78 is 69.9. The third kappa shape index (κ3) is 4.03. The van der Waals surface area contributed by atoms with Crippen molar-refractivity contribution in [2.24, 2.45) is 5.92 Å². The summed E-state index contributed by atoms with van der Waals surface area (Å²) in [6.07, 6.45) is -5.38. The predicted molar refractivity (Wildman–Crippen MR) is 90.3 cm³/mol. The average molecular weight is 436 g/mol. The summed E-state index contributed by atoms with van der Waals surface area (Å²) in [6.45, 7) is -3.30. The molecule has 0 spiro atoms. The number of carbonyl (C=O) groups excluding carboxylic acids is 2. The van der Waals surface area contributed by atoms with Crippen LogP contribution in [0.15, 0.2) is 41.8 Å². The second-order valence-electron chi connectivity index (χ2n) is 6.08. The van der Waals surface area contributed by atoms with Crippen molar-refractivity contribution in [1.82, 2.24) is 10.6 Å². The Labute approximate surface area is 164 Å². The van der Waals surface area contributed by atoms with Crippen LogP contribution in [0.25, 0.3) is 0 Å². The van der Waals surface area contributed by atoms with Crippen LogP contribution in [-0.4, -0.2) is 29.7 Å². The Bertz CT molecular complexity index is 905. The van der Waals surface area contributed by atoms with Gasteiger partial charge in [-0.15, -0.1) is 11.3 Å². The van der Waals surface area contributed by atoms with Gasteiger partial charge in [0.15, 0.2) is 5.72 Å². The molecular formula is C17H13F5N2O4S. The second-order valence-corrected chi connectivity index (χ2v) is 7.02. The van der Waals surface area contributed by atoms with Crippen LogP contribution in [0.5, 0.6) is 5.75 Å². The molecule has 3 N–H and O–H groups in total. The second kappa shape index (κ2) is 7.59. The fourth-order valence-corrected chi connectivity index (χ4v) is 4.00. The van der Waals surface area contributed by atoms with Crippen molar-refractivity contribution >= 4 is 23.2 Å². The summed E-state index contributed by atoms with van der Waals surface area (Å²) in [7, 11) is 0. The fraction of sp³-hybridized carbons (Fsp3) is 0.294. The minimum Gasteiger partial charge on any atom is -0.434 e. The molecule has 156 valence electrons. The average Bonchev–Trinajstić information content (AvgIpc) is 3.15. The summed E-state index contributed by atoms with van der Waals surface area (Å²) >= 11 is 0.811. The maximum atomic E-state index is 13.4. The Morgan fingerprint density at radius 1 is 1.21 bits per heavy atom. The zero-order chi connectivity index (χ0) is 21.4. The predicted octanol–water partition coefficient (Wildman–Crippen LogP) is 3.30. The van der Waals surface area contributed by atoms with E-state index in [4.69, 9.17) is 0 Å². The van der Waals surface area contributed by atoms with Crippen LogP contribution in [0, 0.1) is 5.92 Å². The van der Waals surface area contributed by atoms with Crippen LogP contribution in [0.3, 0.4) is 0 Å². The Morgan fingerprint density at radius 2 is 1.90 bits per heavy atom. The number of alkyl halides is 5. The molecular weight excluding hydrogens is 423 g/mol. The first kappa shape index (κ1) is 21.0. The van der Waals surface area contributed by atoms with E-state index in [-0.39, 0.29) is 10.4 Å². The van der Waals surface area contributed by atoms with Crippen molar-refractivity contribution in [2.45, 2.75) is 24.6 Å². The lowest BCUT2D eigenvalue weighted by molar-refractivity contribution is -0.190. The molecule has 0 radical (unpaired) electrons. The van der Waals surface area contributed by atoms with Crippen molar-refractivity contribution < 1.29 is 41.4 Å². The standard InChI is InChI=1S/C17H13F5N2O4S/c18-14(19)28-9-5-2-1-4-8(9)12-11(13(25)17(20,21)22)16(27,24-15(26)23-12)10-6-3-7-29-10/h1-7,11-12,14,27H,(H2,23,24,26). The molecule has 3 rings (SSSR count). The van der Waals surface area contributed by atoms with Gasteiger partial charge in [0.25, 0.3) is 0 Å². The number of rotatable bonds is 5. The molecule has 0 saturated carbocycles. The molecule has 3 atom stereocenters. The Balaban J connectivity index is 2.19. The highest BCUT2D eigenvalue weighted by atomic mass is 32.1. The number of urea groups is 1. The van der Waals surface area contributed by atoms with Gasteiger partial charge in [-0.1, -0.05) is 24.3 Å². The van der Waals surface area contributed by atoms with Gasteiger partial charge in [0.2, 0.25) is 5.78 Å². The summed E-state index contributed by atoms with van der Waals surface area (Å²) in [4.78, 5) is 24.3. The van der Waals surface area contributed by atoms with E-state index in [1.54, 1.807) is 0 Å². The van der Waals surface area contributed by atoms with Crippen molar-refractivity contribution in [3.63, 3.8) is 0 Å². The normalized spacial score (nSPS) is 24.7. The van der Waals surface area contributed by atoms with Gasteiger partial charge in [0, 0.05) is 5.56 Å². The lowest BCUT2D eigenvalue weighted by atomic mass is 9.78. The van der Waals surface area contributed by atoms with Crippen molar-refractivity contribution in [3.05, 3.63) is 52.2 Å². The highest BCUT2D eigenvalue weighted by molar-refractivity contribution is 7.10. The van der Waals surface area contributed by atoms with E-state index in [0.29, 0.717) is 0 Å². The molecule has 6 nitrogen and oxygen atoms in total. The van der Waals surface area contributed by atoms with E-state index in [1.807, 2.05) is 5.32 Å². The molecule has 3 unspecified atom stereocenters. The maximum absolute atomic E-state index is 13.4. The Kier molecular flexibility index (Phi) is 5.50. The Morgan fingerprint density at radius 3 is 2.48 bits per heavy atom. The van der Waals surface area contributed by atoms with Crippen molar-refractivity contribution in [1.29, 1.82) is 0 Å². The number of aliphatic hydroxyl groups is 1. The number of ether oxygens (including phenoxy) is 1. The summed E-state index contributed by atoms with van der Waals surface area (Å²) in [5.74, 6) is -5.21. The number of hydrogen-bond donors (Lipinski definition) is 3.